The van der Waals surface area contributed by atoms with Gasteiger partial charge in [0.1, 0.15) is 11.4 Å². The third-order valence-electron chi connectivity index (χ3n) is 3.78. The SMILES string of the molecule is CCOc1cc(C=C2C(=O)NC(=O)N(c3ccc(F)cc3)C2=O)ccc1O. The first-order chi connectivity index (χ1) is 12.9. The van der Waals surface area contributed by atoms with E-state index in [0.29, 0.717) is 12.2 Å². The number of amides is 4. The van der Waals surface area contributed by atoms with Crippen molar-refractivity contribution >= 4 is 29.6 Å². The molecule has 138 valence electrons. The molecule has 3 rings (SSSR count). The zero-order valence-electron chi connectivity index (χ0n) is 14.2. The van der Waals surface area contributed by atoms with Crippen LogP contribution in [0.4, 0.5) is 14.9 Å². The van der Waals surface area contributed by atoms with Gasteiger partial charge in [-0.3, -0.25) is 14.9 Å². The lowest BCUT2D eigenvalue weighted by Crippen LogP contribution is -2.54. The third kappa shape index (κ3) is 3.64. The number of ether oxygens (including phenoxy) is 1. The molecule has 0 spiro atoms. The second kappa shape index (κ2) is 7.28. The Morgan fingerprint density at radius 3 is 2.52 bits per heavy atom. The topological polar surface area (TPSA) is 95.9 Å². The number of barbiturate groups is 1. The van der Waals surface area contributed by atoms with Crippen molar-refractivity contribution in [1.29, 1.82) is 0 Å². The number of halogens is 1. The van der Waals surface area contributed by atoms with Gasteiger partial charge in [-0.1, -0.05) is 6.07 Å². The number of phenols is 1. The summed E-state index contributed by atoms with van der Waals surface area (Å²) in [5.41, 5.74) is 0.258. The molecule has 1 fully saturated rings. The molecule has 0 saturated carbocycles. The summed E-state index contributed by atoms with van der Waals surface area (Å²) in [4.78, 5) is 37.7. The molecule has 0 radical (unpaired) electrons. The molecule has 2 aromatic carbocycles. The van der Waals surface area contributed by atoms with Gasteiger partial charge >= 0.3 is 6.03 Å². The molecule has 0 aliphatic carbocycles. The Hall–Kier alpha value is -3.68. The predicted molar refractivity (Wildman–Crippen MR) is 94.7 cm³/mol. The lowest BCUT2D eigenvalue weighted by Gasteiger charge is -2.26. The normalized spacial score (nSPS) is 15.9. The number of imide groups is 2. The number of hydrogen-bond acceptors (Lipinski definition) is 5. The highest BCUT2D eigenvalue weighted by Gasteiger charge is 2.36. The summed E-state index contributed by atoms with van der Waals surface area (Å²) in [7, 11) is 0. The molecular weight excluding hydrogens is 355 g/mol. The molecule has 1 heterocycles. The van der Waals surface area contributed by atoms with E-state index < -0.39 is 23.7 Å². The van der Waals surface area contributed by atoms with Crippen molar-refractivity contribution in [3.8, 4) is 11.5 Å². The second-order valence-corrected chi connectivity index (χ2v) is 5.59. The van der Waals surface area contributed by atoms with Crippen molar-refractivity contribution in [2.45, 2.75) is 6.92 Å². The molecule has 1 aliphatic rings. The number of rotatable bonds is 4. The summed E-state index contributed by atoms with van der Waals surface area (Å²) < 4.78 is 18.4. The van der Waals surface area contributed by atoms with Gasteiger partial charge in [0.05, 0.1) is 12.3 Å². The molecule has 4 amide bonds. The fourth-order valence-electron chi connectivity index (χ4n) is 2.54. The summed E-state index contributed by atoms with van der Waals surface area (Å²) in [6.45, 7) is 2.06. The van der Waals surface area contributed by atoms with E-state index in [-0.39, 0.29) is 22.8 Å². The van der Waals surface area contributed by atoms with Crippen molar-refractivity contribution in [2.75, 3.05) is 11.5 Å². The molecule has 0 atom stereocenters. The molecule has 8 heteroatoms. The lowest BCUT2D eigenvalue weighted by molar-refractivity contribution is -0.122. The van der Waals surface area contributed by atoms with Crippen LogP contribution in [-0.4, -0.2) is 29.6 Å². The fourth-order valence-corrected chi connectivity index (χ4v) is 2.54. The number of aromatic hydroxyl groups is 1. The van der Waals surface area contributed by atoms with E-state index in [4.69, 9.17) is 4.74 Å². The minimum atomic E-state index is -0.922. The first-order valence-electron chi connectivity index (χ1n) is 8.03. The minimum absolute atomic E-state index is 0.0819. The molecular formula is C19H15FN2O5. The summed E-state index contributed by atoms with van der Waals surface area (Å²) in [6, 6.07) is 8.12. The van der Waals surface area contributed by atoms with Crippen LogP contribution >= 0.6 is 0 Å². The van der Waals surface area contributed by atoms with Crippen molar-refractivity contribution in [2.24, 2.45) is 0 Å². The standard InChI is InChI=1S/C19H15FN2O5/c1-2-27-16-10-11(3-8-15(16)23)9-14-17(24)21-19(26)22(18(14)25)13-6-4-12(20)5-7-13/h3-10,23H,2H2,1H3,(H,21,24,26). The predicted octanol–water partition coefficient (Wildman–Crippen LogP) is 2.60. The molecule has 1 saturated heterocycles. The van der Waals surface area contributed by atoms with E-state index in [9.17, 15) is 23.9 Å². The molecule has 0 bridgehead atoms. The number of anilines is 1. The van der Waals surface area contributed by atoms with Crippen LogP contribution in [0, 0.1) is 5.82 Å². The van der Waals surface area contributed by atoms with E-state index in [1.807, 2.05) is 0 Å². The number of carbonyl (C=O) groups excluding carboxylic acids is 3. The Balaban J connectivity index is 1.99. The van der Waals surface area contributed by atoms with E-state index >= 15 is 0 Å². The number of hydrogen-bond donors (Lipinski definition) is 2. The van der Waals surface area contributed by atoms with Crippen LogP contribution < -0.4 is 15.0 Å². The Morgan fingerprint density at radius 2 is 1.85 bits per heavy atom. The van der Waals surface area contributed by atoms with E-state index in [2.05, 4.69) is 5.32 Å². The number of carbonyl (C=O) groups is 3. The molecule has 1 aliphatic heterocycles. The highest BCUT2D eigenvalue weighted by atomic mass is 19.1. The molecule has 27 heavy (non-hydrogen) atoms. The smallest absolute Gasteiger partial charge is 0.335 e. The highest BCUT2D eigenvalue weighted by molar-refractivity contribution is 6.39. The van der Waals surface area contributed by atoms with Crippen LogP contribution in [0.15, 0.2) is 48.0 Å². The zero-order chi connectivity index (χ0) is 19.6. The van der Waals surface area contributed by atoms with Crippen molar-refractivity contribution in [3.05, 3.63) is 59.4 Å². The van der Waals surface area contributed by atoms with E-state index in [1.54, 1.807) is 6.92 Å². The van der Waals surface area contributed by atoms with E-state index in [1.165, 1.54) is 36.4 Å². The number of urea groups is 1. The van der Waals surface area contributed by atoms with Crippen molar-refractivity contribution in [1.82, 2.24) is 5.32 Å². The van der Waals surface area contributed by atoms with Crippen LogP contribution in [0.2, 0.25) is 0 Å². The average molecular weight is 370 g/mol. The van der Waals surface area contributed by atoms with Gasteiger partial charge in [0, 0.05) is 0 Å². The maximum absolute atomic E-state index is 13.1. The van der Waals surface area contributed by atoms with E-state index in [0.717, 1.165) is 17.0 Å². The van der Waals surface area contributed by atoms with Gasteiger partial charge < -0.3 is 9.84 Å². The van der Waals surface area contributed by atoms with Crippen LogP contribution in [-0.2, 0) is 9.59 Å². The third-order valence-corrected chi connectivity index (χ3v) is 3.78. The summed E-state index contributed by atoms with van der Waals surface area (Å²) in [5.74, 6) is -2.11. The number of nitrogens with zero attached hydrogens (tertiary/aromatic N) is 1. The maximum Gasteiger partial charge on any atom is 0.335 e. The first kappa shape index (κ1) is 18.1. The first-order valence-corrected chi connectivity index (χ1v) is 8.03. The molecule has 7 nitrogen and oxygen atoms in total. The molecule has 0 aromatic heterocycles. The molecule has 0 unspecified atom stereocenters. The van der Waals surface area contributed by atoms with Gasteiger partial charge in [0.15, 0.2) is 11.5 Å². The summed E-state index contributed by atoms with van der Waals surface area (Å²) >= 11 is 0. The summed E-state index contributed by atoms with van der Waals surface area (Å²) in [6.07, 6.45) is 1.28. The van der Waals surface area contributed by atoms with Crippen LogP contribution in [0.1, 0.15) is 12.5 Å². The fraction of sp³-hybridized carbons (Fsp3) is 0.105. The van der Waals surface area contributed by atoms with Crippen molar-refractivity contribution in [3.63, 3.8) is 0 Å². The molecule has 2 N–H and O–H groups in total. The maximum atomic E-state index is 13.1. The monoisotopic (exact) mass is 370 g/mol. The van der Waals surface area contributed by atoms with Gasteiger partial charge in [-0.05, 0) is 55.0 Å². The van der Waals surface area contributed by atoms with Gasteiger partial charge in [0.25, 0.3) is 11.8 Å². The zero-order valence-corrected chi connectivity index (χ0v) is 14.2. The highest BCUT2D eigenvalue weighted by Crippen LogP contribution is 2.29. The van der Waals surface area contributed by atoms with Crippen LogP contribution in [0.3, 0.4) is 0 Å². The van der Waals surface area contributed by atoms with Crippen LogP contribution in [0.5, 0.6) is 11.5 Å². The Kier molecular flexibility index (Phi) is 4.89. The Labute approximate surface area is 153 Å². The van der Waals surface area contributed by atoms with Gasteiger partial charge in [-0.2, -0.15) is 0 Å². The van der Waals surface area contributed by atoms with Gasteiger partial charge in [-0.25, -0.2) is 14.1 Å². The van der Waals surface area contributed by atoms with Gasteiger partial charge in [-0.15, -0.1) is 0 Å². The number of benzene rings is 2. The quantitative estimate of drug-likeness (QED) is 0.637. The molecule has 2 aromatic rings. The lowest BCUT2D eigenvalue weighted by atomic mass is 10.1. The number of nitrogens with one attached hydrogen (secondary N) is 1. The van der Waals surface area contributed by atoms with Gasteiger partial charge in [0.2, 0.25) is 0 Å². The Bertz CT molecular complexity index is 953. The second-order valence-electron chi connectivity index (χ2n) is 5.59. The van der Waals surface area contributed by atoms with Crippen molar-refractivity contribution < 1.29 is 28.6 Å². The largest absolute Gasteiger partial charge is 0.504 e. The summed E-state index contributed by atoms with van der Waals surface area (Å²) in [5, 5.41) is 11.8. The number of phenolic OH excluding ortho intramolecular Hbond substituents is 1. The van der Waals surface area contributed by atoms with Crippen LogP contribution in [0.25, 0.3) is 6.08 Å². The Morgan fingerprint density at radius 1 is 1.15 bits per heavy atom. The average Bonchev–Trinajstić information content (AvgIpc) is 2.63. The minimum Gasteiger partial charge on any atom is -0.504 e.